The van der Waals surface area contributed by atoms with Crippen molar-refractivity contribution >= 4 is 17.1 Å². The van der Waals surface area contributed by atoms with E-state index in [-0.39, 0.29) is 12.1 Å². The standard InChI is InChI=1S/C20H27N3O2/c1-19(2,3)25-18(24)23-14-10-9-13(11-14)12-20(23,4)17-21-15-7-5-6-8-16(15)22-17/h5-8,13-14H,9-12H2,1-4H3,(H,21,22)/t13?,14-,20-/m0/s1. The lowest BCUT2D eigenvalue weighted by Gasteiger charge is -2.47. The van der Waals surface area contributed by atoms with E-state index in [0.29, 0.717) is 5.92 Å². The molecule has 2 aromatic rings. The first-order chi connectivity index (χ1) is 11.8. The number of carbonyl (C=O) groups is 1. The molecule has 4 rings (SSSR count). The zero-order chi connectivity index (χ0) is 17.8. The summed E-state index contributed by atoms with van der Waals surface area (Å²) in [5.41, 5.74) is 1.01. The van der Waals surface area contributed by atoms with Crippen molar-refractivity contribution in [1.82, 2.24) is 14.9 Å². The van der Waals surface area contributed by atoms with Gasteiger partial charge < -0.3 is 9.72 Å². The number of para-hydroxylation sites is 2. The number of aromatic amines is 1. The van der Waals surface area contributed by atoms with Crippen molar-refractivity contribution in [2.45, 2.75) is 70.6 Å². The molecule has 5 heteroatoms. The largest absolute Gasteiger partial charge is 0.444 e. The van der Waals surface area contributed by atoms with Crippen LogP contribution in [0.1, 0.15) is 59.2 Å². The van der Waals surface area contributed by atoms with Crippen LogP contribution in [0.15, 0.2) is 24.3 Å². The molecule has 0 spiro atoms. The van der Waals surface area contributed by atoms with Crippen LogP contribution in [0.3, 0.4) is 0 Å². The number of H-pyrrole nitrogens is 1. The second-order valence-corrected chi connectivity index (χ2v) is 8.76. The van der Waals surface area contributed by atoms with Gasteiger partial charge in [0, 0.05) is 6.04 Å². The molecule has 134 valence electrons. The molecule has 1 aliphatic heterocycles. The number of benzene rings is 1. The van der Waals surface area contributed by atoms with E-state index >= 15 is 0 Å². The van der Waals surface area contributed by atoms with Crippen molar-refractivity contribution < 1.29 is 9.53 Å². The Balaban J connectivity index is 1.76. The Bertz CT molecular complexity index is 774. The van der Waals surface area contributed by atoms with Crippen molar-refractivity contribution in [1.29, 1.82) is 0 Å². The molecule has 1 amide bonds. The number of nitrogens with zero attached hydrogens (tertiary/aromatic N) is 2. The summed E-state index contributed by atoms with van der Waals surface area (Å²) in [5.74, 6) is 1.53. The van der Waals surface area contributed by atoms with Gasteiger partial charge in [-0.1, -0.05) is 12.1 Å². The Morgan fingerprint density at radius 3 is 2.80 bits per heavy atom. The minimum absolute atomic E-state index is 0.221. The molecule has 1 saturated carbocycles. The molecular formula is C20H27N3O2. The van der Waals surface area contributed by atoms with Crippen LogP contribution in [0.25, 0.3) is 11.0 Å². The summed E-state index contributed by atoms with van der Waals surface area (Å²) < 4.78 is 5.76. The Morgan fingerprint density at radius 2 is 2.08 bits per heavy atom. The topological polar surface area (TPSA) is 58.2 Å². The maximum absolute atomic E-state index is 13.1. The monoisotopic (exact) mass is 341 g/mol. The maximum atomic E-state index is 13.1. The summed E-state index contributed by atoms with van der Waals surface area (Å²) in [7, 11) is 0. The molecular weight excluding hydrogens is 314 g/mol. The van der Waals surface area contributed by atoms with Gasteiger partial charge in [-0.15, -0.1) is 0 Å². The average Bonchev–Trinajstić information content (AvgIpc) is 3.10. The van der Waals surface area contributed by atoms with Gasteiger partial charge in [0.15, 0.2) is 0 Å². The van der Waals surface area contributed by atoms with Crippen molar-refractivity contribution in [2.24, 2.45) is 5.92 Å². The number of rotatable bonds is 1. The second kappa shape index (κ2) is 5.48. The molecule has 1 unspecified atom stereocenters. The average molecular weight is 341 g/mol. The van der Waals surface area contributed by atoms with Crippen LogP contribution < -0.4 is 0 Å². The third-order valence-corrected chi connectivity index (χ3v) is 5.59. The highest BCUT2D eigenvalue weighted by Gasteiger charge is 2.52. The lowest BCUT2D eigenvalue weighted by Crippen LogP contribution is -2.56. The summed E-state index contributed by atoms with van der Waals surface area (Å²) in [6.45, 7) is 7.90. The van der Waals surface area contributed by atoms with E-state index in [0.717, 1.165) is 36.1 Å². The molecule has 2 heterocycles. The number of fused-ring (bicyclic) bond motifs is 3. The van der Waals surface area contributed by atoms with Crippen LogP contribution in [-0.2, 0) is 10.3 Å². The zero-order valence-electron chi connectivity index (χ0n) is 15.5. The Labute approximate surface area is 148 Å². The predicted molar refractivity (Wildman–Crippen MR) is 97.3 cm³/mol. The number of imidazole rings is 1. The van der Waals surface area contributed by atoms with Gasteiger partial charge in [-0.05, 0) is 71.4 Å². The summed E-state index contributed by atoms with van der Waals surface area (Å²) >= 11 is 0. The third-order valence-electron chi connectivity index (χ3n) is 5.59. The van der Waals surface area contributed by atoms with E-state index < -0.39 is 11.1 Å². The van der Waals surface area contributed by atoms with Crippen molar-refractivity contribution in [3.63, 3.8) is 0 Å². The predicted octanol–water partition coefficient (Wildman–Crippen LogP) is 4.59. The van der Waals surface area contributed by atoms with Gasteiger partial charge in [-0.25, -0.2) is 9.78 Å². The van der Waals surface area contributed by atoms with Crippen LogP contribution in [0.5, 0.6) is 0 Å². The van der Waals surface area contributed by atoms with Gasteiger partial charge in [-0.2, -0.15) is 0 Å². The Hall–Kier alpha value is -2.04. The molecule has 2 aliphatic rings. The number of carbonyl (C=O) groups excluding carboxylic acids is 1. The van der Waals surface area contributed by atoms with Crippen molar-refractivity contribution in [2.75, 3.05) is 0 Å². The van der Waals surface area contributed by atoms with Crippen LogP contribution in [0, 0.1) is 5.92 Å². The summed E-state index contributed by atoms with van der Waals surface area (Å²) in [5, 5.41) is 0. The van der Waals surface area contributed by atoms with Gasteiger partial charge in [0.1, 0.15) is 17.0 Å². The first-order valence-electron chi connectivity index (χ1n) is 9.24. The lowest BCUT2D eigenvalue weighted by atomic mass is 9.82. The number of ether oxygens (including phenoxy) is 1. The highest BCUT2D eigenvalue weighted by molar-refractivity contribution is 5.76. The fourth-order valence-electron chi connectivity index (χ4n) is 4.61. The number of amides is 1. The van der Waals surface area contributed by atoms with E-state index in [4.69, 9.17) is 9.72 Å². The summed E-state index contributed by atoms with van der Waals surface area (Å²) in [6, 6.07) is 8.28. The molecule has 1 saturated heterocycles. The van der Waals surface area contributed by atoms with Gasteiger partial charge in [0.2, 0.25) is 0 Å². The lowest BCUT2D eigenvalue weighted by molar-refractivity contribution is -0.0344. The highest BCUT2D eigenvalue weighted by Crippen LogP contribution is 2.49. The fourth-order valence-corrected chi connectivity index (χ4v) is 4.61. The van der Waals surface area contributed by atoms with Crippen molar-refractivity contribution in [3.8, 4) is 0 Å². The van der Waals surface area contributed by atoms with Crippen LogP contribution in [-0.4, -0.2) is 32.6 Å². The number of hydrogen-bond donors (Lipinski definition) is 1. The minimum Gasteiger partial charge on any atom is -0.444 e. The summed E-state index contributed by atoms with van der Waals surface area (Å²) in [4.78, 5) is 23.3. The molecule has 1 N–H and O–H groups in total. The number of hydrogen-bond acceptors (Lipinski definition) is 3. The molecule has 2 fully saturated rings. The Kier molecular flexibility index (Phi) is 3.60. The maximum Gasteiger partial charge on any atom is 0.411 e. The van der Waals surface area contributed by atoms with Crippen molar-refractivity contribution in [3.05, 3.63) is 30.1 Å². The fraction of sp³-hybridized carbons (Fsp3) is 0.600. The number of nitrogens with one attached hydrogen (secondary N) is 1. The third kappa shape index (κ3) is 2.79. The normalized spacial score (nSPS) is 29.2. The van der Waals surface area contributed by atoms with E-state index in [9.17, 15) is 4.79 Å². The molecule has 1 aromatic carbocycles. The molecule has 1 aromatic heterocycles. The minimum atomic E-state index is -0.499. The van der Waals surface area contributed by atoms with Gasteiger partial charge in [0.25, 0.3) is 0 Å². The van der Waals surface area contributed by atoms with E-state index in [1.54, 1.807) is 0 Å². The van der Waals surface area contributed by atoms with Crippen LogP contribution in [0.2, 0.25) is 0 Å². The molecule has 25 heavy (non-hydrogen) atoms. The van der Waals surface area contributed by atoms with Gasteiger partial charge >= 0.3 is 6.09 Å². The number of piperidine rings is 1. The number of aromatic nitrogens is 2. The molecule has 5 nitrogen and oxygen atoms in total. The second-order valence-electron chi connectivity index (χ2n) is 8.76. The van der Waals surface area contributed by atoms with E-state index in [1.165, 1.54) is 6.42 Å². The quantitative estimate of drug-likeness (QED) is 0.825. The summed E-state index contributed by atoms with van der Waals surface area (Å²) in [6.07, 6.45) is 4.03. The van der Waals surface area contributed by atoms with E-state index in [2.05, 4.69) is 11.9 Å². The first-order valence-corrected chi connectivity index (χ1v) is 9.24. The first kappa shape index (κ1) is 16.4. The Morgan fingerprint density at radius 1 is 1.32 bits per heavy atom. The SMILES string of the molecule is CC(C)(C)OC(=O)N1[C@H]2CCC(C2)C[C@@]1(C)c1nc2ccccc2[nH]1. The molecule has 2 bridgehead atoms. The zero-order valence-corrected chi connectivity index (χ0v) is 15.5. The number of likely N-dealkylation sites (tertiary alicyclic amines) is 1. The molecule has 0 radical (unpaired) electrons. The van der Waals surface area contributed by atoms with Gasteiger partial charge in [-0.3, -0.25) is 4.90 Å². The smallest absolute Gasteiger partial charge is 0.411 e. The van der Waals surface area contributed by atoms with Gasteiger partial charge in [0.05, 0.1) is 11.0 Å². The van der Waals surface area contributed by atoms with E-state index in [1.807, 2.05) is 49.9 Å². The molecule has 3 atom stereocenters. The highest BCUT2D eigenvalue weighted by atomic mass is 16.6. The van der Waals surface area contributed by atoms with Crippen LogP contribution >= 0.6 is 0 Å². The molecule has 1 aliphatic carbocycles. The van der Waals surface area contributed by atoms with Crippen LogP contribution in [0.4, 0.5) is 4.79 Å².